The Labute approximate surface area is 196 Å². The van der Waals surface area contributed by atoms with Gasteiger partial charge in [-0.05, 0) is 29.8 Å². The molecule has 0 unspecified atom stereocenters. The number of carbonyl (C=O) groups excluding carboxylic acids is 2. The van der Waals surface area contributed by atoms with Crippen LogP contribution in [0.25, 0.3) is 0 Å². The standard InChI is InChI=1S/C23H24ClN5O2S/c24-18-6-8-19(9-7-18)25-22(31)27-23-26-20(16-32-23)14-21(30)29-12-10-28(11-13-29)15-17-4-2-1-3-5-17/h1-9,16H,10-15H2,(H2,25,26,27,31). The van der Waals surface area contributed by atoms with Gasteiger partial charge in [0.25, 0.3) is 0 Å². The molecule has 0 radical (unpaired) electrons. The number of nitrogens with one attached hydrogen (secondary N) is 2. The van der Waals surface area contributed by atoms with Crippen molar-refractivity contribution in [3.8, 4) is 0 Å². The third-order valence-corrected chi connectivity index (χ3v) is 6.24. The number of carbonyl (C=O) groups is 2. The van der Waals surface area contributed by atoms with Gasteiger partial charge in [0.2, 0.25) is 5.91 Å². The minimum atomic E-state index is -0.394. The van der Waals surface area contributed by atoms with Gasteiger partial charge in [0.1, 0.15) is 0 Å². The molecule has 1 saturated heterocycles. The van der Waals surface area contributed by atoms with Crippen LogP contribution in [0.3, 0.4) is 0 Å². The Bertz CT molecular complexity index is 1050. The average Bonchev–Trinajstić information content (AvgIpc) is 3.23. The maximum atomic E-state index is 12.7. The van der Waals surface area contributed by atoms with Crippen molar-refractivity contribution in [1.29, 1.82) is 0 Å². The van der Waals surface area contributed by atoms with E-state index in [-0.39, 0.29) is 12.3 Å². The van der Waals surface area contributed by atoms with E-state index in [0.29, 0.717) is 34.6 Å². The summed E-state index contributed by atoms with van der Waals surface area (Å²) in [6, 6.07) is 16.8. The van der Waals surface area contributed by atoms with Crippen LogP contribution < -0.4 is 10.6 Å². The van der Waals surface area contributed by atoms with E-state index >= 15 is 0 Å². The van der Waals surface area contributed by atoms with Gasteiger partial charge in [0, 0.05) is 48.8 Å². The molecule has 3 aromatic rings. The van der Waals surface area contributed by atoms with E-state index in [9.17, 15) is 9.59 Å². The molecular weight excluding hydrogens is 446 g/mol. The van der Waals surface area contributed by atoms with Crippen LogP contribution in [0.4, 0.5) is 15.6 Å². The molecule has 2 heterocycles. The van der Waals surface area contributed by atoms with Crippen molar-refractivity contribution in [3.05, 3.63) is 76.3 Å². The lowest BCUT2D eigenvalue weighted by atomic mass is 10.2. The number of hydrogen-bond acceptors (Lipinski definition) is 5. The molecule has 9 heteroatoms. The molecule has 7 nitrogen and oxygen atoms in total. The fourth-order valence-corrected chi connectivity index (χ4v) is 4.33. The fourth-order valence-electron chi connectivity index (χ4n) is 3.50. The third kappa shape index (κ3) is 6.29. The molecule has 0 aliphatic carbocycles. The van der Waals surface area contributed by atoms with Gasteiger partial charge < -0.3 is 10.2 Å². The number of benzene rings is 2. The van der Waals surface area contributed by atoms with E-state index in [0.717, 1.165) is 19.6 Å². The minimum Gasteiger partial charge on any atom is -0.340 e. The summed E-state index contributed by atoms with van der Waals surface area (Å²) in [6.45, 7) is 4.04. The van der Waals surface area contributed by atoms with Crippen LogP contribution in [-0.4, -0.2) is 52.9 Å². The number of urea groups is 1. The molecular formula is C23H24ClN5O2S. The molecule has 4 rings (SSSR count). The average molecular weight is 470 g/mol. The maximum Gasteiger partial charge on any atom is 0.325 e. The van der Waals surface area contributed by atoms with Gasteiger partial charge >= 0.3 is 6.03 Å². The summed E-state index contributed by atoms with van der Waals surface area (Å²) >= 11 is 7.15. The Hall–Kier alpha value is -2.94. The molecule has 1 aromatic heterocycles. The van der Waals surface area contributed by atoms with E-state index in [1.165, 1.54) is 16.9 Å². The monoisotopic (exact) mass is 469 g/mol. The molecule has 3 amide bonds. The maximum absolute atomic E-state index is 12.7. The van der Waals surface area contributed by atoms with Gasteiger partial charge in [0.05, 0.1) is 12.1 Å². The number of piperazine rings is 1. The number of amides is 3. The van der Waals surface area contributed by atoms with E-state index in [2.05, 4.69) is 32.7 Å². The Morgan fingerprint density at radius 1 is 0.969 bits per heavy atom. The van der Waals surface area contributed by atoms with Crippen LogP contribution in [0.1, 0.15) is 11.3 Å². The summed E-state index contributed by atoms with van der Waals surface area (Å²) in [5.41, 5.74) is 2.58. The van der Waals surface area contributed by atoms with Crippen molar-refractivity contribution < 1.29 is 9.59 Å². The smallest absolute Gasteiger partial charge is 0.325 e. The van der Waals surface area contributed by atoms with Crippen molar-refractivity contribution in [1.82, 2.24) is 14.8 Å². The number of thiazole rings is 1. The number of halogens is 1. The highest BCUT2D eigenvalue weighted by atomic mass is 35.5. The second kappa shape index (κ2) is 10.6. The van der Waals surface area contributed by atoms with Crippen LogP contribution in [0, 0.1) is 0 Å². The van der Waals surface area contributed by atoms with Crippen LogP contribution in [0.2, 0.25) is 5.02 Å². The van der Waals surface area contributed by atoms with E-state index in [1.807, 2.05) is 28.5 Å². The van der Waals surface area contributed by atoms with Crippen molar-refractivity contribution in [2.24, 2.45) is 0 Å². The summed E-state index contributed by atoms with van der Waals surface area (Å²) < 4.78 is 0. The molecule has 32 heavy (non-hydrogen) atoms. The molecule has 2 N–H and O–H groups in total. The highest BCUT2D eigenvalue weighted by molar-refractivity contribution is 7.14. The molecule has 0 bridgehead atoms. The third-order valence-electron chi connectivity index (χ3n) is 5.18. The summed E-state index contributed by atoms with van der Waals surface area (Å²) in [5, 5.41) is 8.28. The summed E-state index contributed by atoms with van der Waals surface area (Å²) in [4.78, 5) is 33.5. The first-order chi connectivity index (χ1) is 15.5. The molecule has 166 valence electrons. The Kier molecular flexibility index (Phi) is 7.36. The summed E-state index contributed by atoms with van der Waals surface area (Å²) in [6.07, 6.45) is 0.232. The van der Waals surface area contributed by atoms with Crippen molar-refractivity contribution in [3.63, 3.8) is 0 Å². The number of hydrogen-bond donors (Lipinski definition) is 2. The van der Waals surface area contributed by atoms with Crippen LogP contribution in [0.15, 0.2) is 60.0 Å². The number of anilines is 2. The van der Waals surface area contributed by atoms with Crippen LogP contribution >= 0.6 is 22.9 Å². The highest BCUT2D eigenvalue weighted by Gasteiger charge is 2.22. The second-order valence-electron chi connectivity index (χ2n) is 7.55. The highest BCUT2D eigenvalue weighted by Crippen LogP contribution is 2.18. The van der Waals surface area contributed by atoms with E-state index in [1.54, 1.807) is 24.3 Å². The quantitative estimate of drug-likeness (QED) is 0.563. The van der Waals surface area contributed by atoms with Gasteiger partial charge in [-0.3, -0.25) is 15.0 Å². The largest absolute Gasteiger partial charge is 0.340 e. The van der Waals surface area contributed by atoms with Gasteiger partial charge in [0.15, 0.2) is 5.13 Å². The Morgan fingerprint density at radius 3 is 2.41 bits per heavy atom. The SMILES string of the molecule is O=C(Nc1ccc(Cl)cc1)Nc1nc(CC(=O)N2CCN(Cc3ccccc3)CC2)cs1. The first kappa shape index (κ1) is 22.3. The number of aromatic nitrogens is 1. The van der Waals surface area contributed by atoms with E-state index in [4.69, 9.17) is 11.6 Å². The minimum absolute atomic E-state index is 0.0619. The van der Waals surface area contributed by atoms with Crippen molar-refractivity contribution in [2.75, 3.05) is 36.8 Å². The molecule has 1 fully saturated rings. The fraction of sp³-hybridized carbons (Fsp3) is 0.261. The molecule has 1 aliphatic rings. The molecule has 2 aromatic carbocycles. The molecule has 0 atom stereocenters. The molecule has 1 aliphatic heterocycles. The molecule has 0 spiro atoms. The second-order valence-corrected chi connectivity index (χ2v) is 8.84. The number of nitrogens with zero attached hydrogens (tertiary/aromatic N) is 3. The van der Waals surface area contributed by atoms with Gasteiger partial charge in [-0.1, -0.05) is 41.9 Å². The summed E-state index contributed by atoms with van der Waals surface area (Å²) in [7, 11) is 0. The van der Waals surface area contributed by atoms with Crippen LogP contribution in [0.5, 0.6) is 0 Å². The normalized spacial score (nSPS) is 14.2. The van der Waals surface area contributed by atoms with Crippen LogP contribution in [-0.2, 0) is 17.8 Å². The Balaban J connectivity index is 1.22. The van der Waals surface area contributed by atoms with Crippen molar-refractivity contribution >= 4 is 45.7 Å². The zero-order valence-electron chi connectivity index (χ0n) is 17.5. The first-order valence-corrected chi connectivity index (χ1v) is 11.6. The van der Waals surface area contributed by atoms with Crippen molar-refractivity contribution in [2.45, 2.75) is 13.0 Å². The lowest BCUT2D eigenvalue weighted by Gasteiger charge is -2.34. The van der Waals surface area contributed by atoms with Gasteiger partial charge in [-0.2, -0.15) is 0 Å². The molecule has 0 saturated carbocycles. The lowest BCUT2D eigenvalue weighted by molar-refractivity contribution is -0.132. The predicted octanol–water partition coefficient (Wildman–Crippen LogP) is 4.33. The predicted molar refractivity (Wildman–Crippen MR) is 128 cm³/mol. The zero-order valence-corrected chi connectivity index (χ0v) is 19.0. The number of rotatable bonds is 6. The summed E-state index contributed by atoms with van der Waals surface area (Å²) in [5.74, 6) is 0.0619. The Morgan fingerprint density at radius 2 is 1.69 bits per heavy atom. The van der Waals surface area contributed by atoms with Gasteiger partial charge in [-0.25, -0.2) is 9.78 Å². The van der Waals surface area contributed by atoms with E-state index < -0.39 is 6.03 Å². The topological polar surface area (TPSA) is 77.6 Å². The zero-order chi connectivity index (χ0) is 22.3. The lowest BCUT2D eigenvalue weighted by Crippen LogP contribution is -2.48. The first-order valence-electron chi connectivity index (χ1n) is 10.4. The van der Waals surface area contributed by atoms with Gasteiger partial charge in [-0.15, -0.1) is 11.3 Å².